The van der Waals surface area contributed by atoms with E-state index in [2.05, 4.69) is 50.5 Å². The number of rotatable bonds is 4. The van der Waals surface area contributed by atoms with Crippen LogP contribution in [0.5, 0.6) is 0 Å². The van der Waals surface area contributed by atoms with Crippen LogP contribution in [0.2, 0.25) is 0 Å². The highest BCUT2D eigenvalue weighted by atomic mass is 16.5. The first-order chi connectivity index (χ1) is 9.13. The van der Waals surface area contributed by atoms with E-state index in [9.17, 15) is 0 Å². The molecule has 19 heavy (non-hydrogen) atoms. The standard InChI is InChI=1S/C17H27NO/c1-13-8-7-11-17(12-13,19-4)16(18-3)15-10-6-5-9-14(15)2/h5-6,9-10,13,16,18H,7-8,11-12H2,1-4H3. The Morgan fingerprint density at radius 3 is 2.68 bits per heavy atom. The third-order valence-corrected chi connectivity index (χ3v) is 4.71. The molecule has 0 radical (unpaired) electrons. The Morgan fingerprint density at radius 1 is 1.37 bits per heavy atom. The predicted octanol–water partition coefficient (Wildman–Crippen LogP) is 3.85. The lowest BCUT2D eigenvalue weighted by atomic mass is 9.72. The molecule has 3 atom stereocenters. The minimum Gasteiger partial charge on any atom is -0.376 e. The molecule has 1 aromatic carbocycles. The molecule has 2 rings (SSSR count). The largest absolute Gasteiger partial charge is 0.376 e. The average Bonchev–Trinajstić information content (AvgIpc) is 2.42. The Kier molecular flexibility index (Phi) is 4.64. The molecule has 2 heteroatoms. The number of likely N-dealkylation sites (N-methyl/N-ethyl adjacent to an activating group) is 1. The third-order valence-electron chi connectivity index (χ3n) is 4.71. The van der Waals surface area contributed by atoms with Crippen molar-refractivity contribution in [1.29, 1.82) is 0 Å². The van der Waals surface area contributed by atoms with Gasteiger partial charge in [-0.2, -0.15) is 0 Å². The molecule has 1 N–H and O–H groups in total. The molecule has 0 bridgehead atoms. The fourth-order valence-electron chi connectivity index (χ4n) is 3.72. The Hall–Kier alpha value is -0.860. The smallest absolute Gasteiger partial charge is 0.0875 e. The summed E-state index contributed by atoms with van der Waals surface area (Å²) in [6, 6.07) is 8.93. The van der Waals surface area contributed by atoms with E-state index in [1.165, 1.54) is 24.0 Å². The highest BCUT2D eigenvalue weighted by Gasteiger charge is 2.42. The van der Waals surface area contributed by atoms with Gasteiger partial charge in [-0.15, -0.1) is 0 Å². The first-order valence-corrected chi connectivity index (χ1v) is 7.41. The Bertz CT molecular complexity index is 417. The van der Waals surface area contributed by atoms with Gasteiger partial charge in [-0.25, -0.2) is 0 Å². The molecule has 0 amide bonds. The van der Waals surface area contributed by atoms with Crippen LogP contribution in [0.15, 0.2) is 24.3 Å². The zero-order valence-corrected chi connectivity index (χ0v) is 12.7. The maximum absolute atomic E-state index is 6.05. The lowest BCUT2D eigenvalue weighted by Crippen LogP contribution is -2.47. The van der Waals surface area contributed by atoms with E-state index in [4.69, 9.17) is 4.74 Å². The average molecular weight is 261 g/mol. The van der Waals surface area contributed by atoms with Gasteiger partial charge in [-0.1, -0.05) is 44.0 Å². The molecule has 1 saturated carbocycles. The van der Waals surface area contributed by atoms with Crippen LogP contribution >= 0.6 is 0 Å². The number of ether oxygens (including phenoxy) is 1. The van der Waals surface area contributed by atoms with Gasteiger partial charge in [0, 0.05) is 7.11 Å². The quantitative estimate of drug-likeness (QED) is 0.889. The van der Waals surface area contributed by atoms with Crippen molar-refractivity contribution in [2.75, 3.05) is 14.2 Å². The van der Waals surface area contributed by atoms with Crippen LogP contribution in [0.25, 0.3) is 0 Å². The van der Waals surface area contributed by atoms with Crippen molar-refractivity contribution in [3.63, 3.8) is 0 Å². The van der Waals surface area contributed by atoms with E-state index in [1.54, 1.807) is 0 Å². The monoisotopic (exact) mass is 261 g/mol. The first kappa shape index (κ1) is 14.5. The Morgan fingerprint density at radius 2 is 2.11 bits per heavy atom. The topological polar surface area (TPSA) is 21.3 Å². The third kappa shape index (κ3) is 2.85. The van der Waals surface area contributed by atoms with Crippen LogP contribution in [0.4, 0.5) is 0 Å². The van der Waals surface area contributed by atoms with E-state index in [1.807, 2.05) is 7.11 Å². The number of methoxy groups -OCH3 is 1. The molecular weight excluding hydrogens is 234 g/mol. The van der Waals surface area contributed by atoms with E-state index < -0.39 is 0 Å². The van der Waals surface area contributed by atoms with E-state index in [0.29, 0.717) is 0 Å². The fraction of sp³-hybridized carbons (Fsp3) is 0.647. The lowest BCUT2D eigenvalue weighted by molar-refractivity contribution is -0.0791. The van der Waals surface area contributed by atoms with Gasteiger partial charge in [-0.05, 0) is 43.9 Å². The SMILES string of the molecule is CNC(c1ccccc1C)C1(OC)CCCC(C)C1. The summed E-state index contributed by atoms with van der Waals surface area (Å²) in [4.78, 5) is 0. The second-order valence-electron chi connectivity index (χ2n) is 6.05. The van der Waals surface area contributed by atoms with Gasteiger partial charge in [0.05, 0.1) is 11.6 Å². The Labute approximate surface area is 117 Å². The molecule has 1 aliphatic rings. The number of aryl methyl sites for hydroxylation is 1. The van der Waals surface area contributed by atoms with Crippen LogP contribution < -0.4 is 5.32 Å². The van der Waals surface area contributed by atoms with Crippen LogP contribution in [0.1, 0.15) is 49.8 Å². The minimum absolute atomic E-state index is 0.0570. The number of hydrogen-bond donors (Lipinski definition) is 1. The van der Waals surface area contributed by atoms with Gasteiger partial charge in [0.1, 0.15) is 0 Å². The summed E-state index contributed by atoms with van der Waals surface area (Å²) in [6.45, 7) is 4.53. The van der Waals surface area contributed by atoms with Gasteiger partial charge in [0.25, 0.3) is 0 Å². The van der Waals surface area contributed by atoms with Crippen molar-refractivity contribution < 1.29 is 4.74 Å². The van der Waals surface area contributed by atoms with Gasteiger partial charge in [0.2, 0.25) is 0 Å². The van der Waals surface area contributed by atoms with Crippen LogP contribution in [-0.2, 0) is 4.74 Å². The van der Waals surface area contributed by atoms with Crippen LogP contribution in [0, 0.1) is 12.8 Å². The van der Waals surface area contributed by atoms with Gasteiger partial charge >= 0.3 is 0 Å². The van der Waals surface area contributed by atoms with E-state index >= 15 is 0 Å². The first-order valence-electron chi connectivity index (χ1n) is 7.41. The minimum atomic E-state index is -0.0570. The number of benzene rings is 1. The van der Waals surface area contributed by atoms with Gasteiger partial charge < -0.3 is 10.1 Å². The lowest BCUT2D eigenvalue weighted by Gasteiger charge is -2.45. The number of nitrogens with one attached hydrogen (secondary N) is 1. The summed E-state index contributed by atoms with van der Waals surface area (Å²) in [5.74, 6) is 0.744. The summed E-state index contributed by atoms with van der Waals surface area (Å²) < 4.78 is 6.05. The molecule has 0 aromatic heterocycles. The summed E-state index contributed by atoms with van der Waals surface area (Å²) in [7, 11) is 3.93. The molecule has 0 heterocycles. The highest BCUT2D eigenvalue weighted by Crippen LogP contribution is 2.43. The summed E-state index contributed by atoms with van der Waals surface area (Å²) in [5, 5.41) is 3.52. The van der Waals surface area contributed by atoms with Crippen molar-refractivity contribution >= 4 is 0 Å². The molecule has 0 spiro atoms. The van der Waals surface area contributed by atoms with Crippen molar-refractivity contribution in [1.82, 2.24) is 5.32 Å². The zero-order chi connectivity index (χ0) is 13.9. The van der Waals surface area contributed by atoms with Gasteiger partial charge in [0.15, 0.2) is 0 Å². The van der Waals surface area contributed by atoms with Crippen molar-refractivity contribution in [2.24, 2.45) is 5.92 Å². The second-order valence-corrected chi connectivity index (χ2v) is 6.05. The zero-order valence-electron chi connectivity index (χ0n) is 12.7. The van der Waals surface area contributed by atoms with Crippen LogP contribution in [0.3, 0.4) is 0 Å². The molecule has 1 fully saturated rings. The van der Waals surface area contributed by atoms with Crippen molar-refractivity contribution in [3.8, 4) is 0 Å². The van der Waals surface area contributed by atoms with Crippen LogP contribution in [-0.4, -0.2) is 19.8 Å². The summed E-state index contributed by atoms with van der Waals surface area (Å²) in [5.41, 5.74) is 2.66. The molecule has 0 aliphatic heterocycles. The molecule has 1 aromatic rings. The summed E-state index contributed by atoms with van der Waals surface area (Å²) >= 11 is 0. The summed E-state index contributed by atoms with van der Waals surface area (Å²) in [6.07, 6.45) is 4.88. The normalized spacial score (nSPS) is 29.2. The molecule has 3 unspecified atom stereocenters. The van der Waals surface area contributed by atoms with Gasteiger partial charge in [-0.3, -0.25) is 0 Å². The molecule has 106 valence electrons. The Balaban J connectivity index is 2.36. The fourth-order valence-corrected chi connectivity index (χ4v) is 3.72. The molecule has 1 aliphatic carbocycles. The van der Waals surface area contributed by atoms with Crippen molar-refractivity contribution in [3.05, 3.63) is 35.4 Å². The maximum Gasteiger partial charge on any atom is 0.0875 e. The molecule has 2 nitrogen and oxygen atoms in total. The number of hydrogen-bond acceptors (Lipinski definition) is 2. The molecule has 0 saturated heterocycles. The van der Waals surface area contributed by atoms with Crippen molar-refractivity contribution in [2.45, 2.75) is 51.2 Å². The second kappa shape index (κ2) is 6.06. The maximum atomic E-state index is 6.05. The van der Waals surface area contributed by atoms with E-state index in [-0.39, 0.29) is 11.6 Å². The highest BCUT2D eigenvalue weighted by molar-refractivity contribution is 5.31. The van der Waals surface area contributed by atoms with E-state index in [0.717, 1.165) is 18.8 Å². The predicted molar refractivity (Wildman–Crippen MR) is 80.4 cm³/mol. The molecular formula is C17H27NO.